The minimum atomic E-state index is -0.258. The van der Waals surface area contributed by atoms with E-state index in [1.165, 1.54) is 10.4 Å². The maximum atomic E-state index is 13.0. The van der Waals surface area contributed by atoms with Crippen LogP contribution in [0.3, 0.4) is 0 Å². The van der Waals surface area contributed by atoms with E-state index in [0.29, 0.717) is 17.9 Å². The predicted octanol–water partition coefficient (Wildman–Crippen LogP) is 5.15. The molecule has 4 rings (SSSR count). The van der Waals surface area contributed by atoms with Gasteiger partial charge in [0.15, 0.2) is 0 Å². The second-order valence-electron chi connectivity index (χ2n) is 8.54. The smallest absolute Gasteiger partial charge is 0.256 e. The standard InChI is InChI=1S/C22H28N2O2S/c1-5-26-16-9-7-6-8-14(16)19-23-20(25)18-15-11-10-13(22(2,3)4)12-17(15)27-21(18)24-19/h6-9,13,19,24H,5,10-12H2,1-4H3,(H,23,25)/t13-,19-/m0/s1. The lowest BCUT2D eigenvalue weighted by Crippen LogP contribution is -2.38. The van der Waals surface area contributed by atoms with Crippen molar-refractivity contribution in [2.45, 2.75) is 53.1 Å². The van der Waals surface area contributed by atoms with Crippen LogP contribution in [0.1, 0.15) is 66.6 Å². The van der Waals surface area contributed by atoms with Crippen LogP contribution in [0.15, 0.2) is 24.3 Å². The van der Waals surface area contributed by atoms with Crippen molar-refractivity contribution < 1.29 is 9.53 Å². The van der Waals surface area contributed by atoms with Crippen LogP contribution in [0.5, 0.6) is 5.75 Å². The molecule has 0 saturated heterocycles. The average molecular weight is 385 g/mol. The van der Waals surface area contributed by atoms with Crippen molar-refractivity contribution in [2.24, 2.45) is 11.3 Å². The summed E-state index contributed by atoms with van der Waals surface area (Å²) in [5.41, 5.74) is 3.40. The van der Waals surface area contributed by atoms with Gasteiger partial charge in [-0.25, -0.2) is 0 Å². The van der Waals surface area contributed by atoms with Crippen molar-refractivity contribution in [3.8, 4) is 5.75 Å². The number of rotatable bonds is 3. The second kappa shape index (κ2) is 6.86. The normalized spacial score (nSPS) is 21.7. The van der Waals surface area contributed by atoms with Crippen LogP contribution < -0.4 is 15.4 Å². The Bertz CT molecular complexity index is 866. The van der Waals surface area contributed by atoms with Gasteiger partial charge in [0.1, 0.15) is 16.9 Å². The molecule has 0 bridgehead atoms. The fourth-order valence-corrected chi connectivity index (χ4v) is 5.55. The zero-order valence-electron chi connectivity index (χ0n) is 16.5. The summed E-state index contributed by atoms with van der Waals surface area (Å²) in [7, 11) is 0. The van der Waals surface area contributed by atoms with Crippen molar-refractivity contribution in [3.63, 3.8) is 0 Å². The number of amides is 1. The molecule has 2 N–H and O–H groups in total. The summed E-state index contributed by atoms with van der Waals surface area (Å²) in [6.45, 7) is 9.54. The molecule has 2 aliphatic rings. The first-order valence-electron chi connectivity index (χ1n) is 9.82. The van der Waals surface area contributed by atoms with Gasteiger partial charge >= 0.3 is 0 Å². The fraction of sp³-hybridized carbons (Fsp3) is 0.500. The van der Waals surface area contributed by atoms with E-state index in [1.54, 1.807) is 11.3 Å². The molecule has 0 spiro atoms. The summed E-state index contributed by atoms with van der Waals surface area (Å²) in [4.78, 5) is 14.3. The topological polar surface area (TPSA) is 50.4 Å². The molecule has 0 radical (unpaired) electrons. The van der Waals surface area contributed by atoms with E-state index in [-0.39, 0.29) is 12.1 Å². The van der Waals surface area contributed by atoms with Gasteiger partial charge in [0, 0.05) is 10.4 Å². The molecule has 1 aliphatic carbocycles. The highest BCUT2D eigenvalue weighted by Crippen LogP contribution is 2.46. The van der Waals surface area contributed by atoms with Gasteiger partial charge in [-0.05, 0) is 49.1 Å². The summed E-state index contributed by atoms with van der Waals surface area (Å²) in [5.74, 6) is 1.52. The molecule has 2 atom stereocenters. The van der Waals surface area contributed by atoms with Crippen LogP contribution in [-0.2, 0) is 12.8 Å². The van der Waals surface area contributed by atoms with E-state index in [1.807, 2.05) is 31.2 Å². The van der Waals surface area contributed by atoms with Crippen molar-refractivity contribution in [2.75, 3.05) is 11.9 Å². The molecule has 2 aromatic rings. The SMILES string of the molecule is CCOc1ccccc1[C@H]1NC(=O)c2c(sc3c2CC[C@H](C(C)(C)C)C3)N1. The molecule has 4 nitrogen and oxygen atoms in total. The maximum Gasteiger partial charge on any atom is 0.256 e. The van der Waals surface area contributed by atoms with Crippen molar-refractivity contribution >= 4 is 22.2 Å². The molecule has 27 heavy (non-hydrogen) atoms. The number of ether oxygens (including phenoxy) is 1. The van der Waals surface area contributed by atoms with E-state index in [9.17, 15) is 4.79 Å². The summed E-state index contributed by atoms with van der Waals surface area (Å²) in [5, 5.41) is 7.71. The molecule has 1 aromatic heterocycles. The van der Waals surface area contributed by atoms with Gasteiger partial charge in [-0.15, -0.1) is 11.3 Å². The Morgan fingerprint density at radius 1 is 1.22 bits per heavy atom. The van der Waals surface area contributed by atoms with Crippen molar-refractivity contribution in [1.29, 1.82) is 0 Å². The van der Waals surface area contributed by atoms with E-state index in [2.05, 4.69) is 31.4 Å². The first kappa shape index (κ1) is 18.4. The molecule has 5 heteroatoms. The quantitative estimate of drug-likeness (QED) is 0.769. The zero-order chi connectivity index (χ0) is 19.2. The van der Waals surface area contributed by atoms with Gasteiger partial charge in [-0.3, -0.25) is 4.79 Å². The number of hydrogen-bond acceptors (Lipinski definition) is 4. The third-order valence-corrected chi connectivity index (χ3v) is 6.98. The van der Waals surface area contributed by atoms with Gasteiger partial charge < -0.3 is 15.4 Å². The van der Waals surface area contributed by atoms with E-state index in [4.69, 9.17) is 4.74 Å². The van der Waals surface area contributed by atoms with Crippen LogP contribution >= 0.6 is 11.3 Å². The first-order valence-corrected chi connectivity index (χ1v) is 10.6. The Hall–Kier alpha value is -2.01. The monoisotopic (exact) mass is 384 g/mol. The summed E-state index contributed by atoms with van der Waals surface area (Å²) >= 11 is 1.77. The number of anilines is 1. The lowest BCUT2D eigenvalue weighted by Gasteiger charge is -2.34. The number of benzene rings is 1. The van der Waals surface area contributed by atoms with Crippen molar-refractivity contribution in [3.05, 3.63) is 45.8 Å². The van der Waals surface area contributed by atoms with Crippen LogP contribution in [0.25, 0.3) is 0 Å². The van der Waals surface area contributed by atoms with Crippen LogP contribution in [0, 0.1) is 11.3 Å². The minimum Gasteiger partial charge on any atom is -0.493 e. The Balaban J connectivity index is 1.65. The number of fused-ring (bicyclic) bond motifs is 3. The van der Waals surface area contributed by atoms with E-state index in [0.717, 1.165) is 41.1 Å². The lowest BCUT2D eigenvalue weighted by molar-refractivity contribution is 0.0934. The summed E-state index contributed by atoms with van der Waals surface area (Å²) < 4.78 is 5.76. The molecular weight excluding hydrogens is 356 g/mol. The third-order valence-electron chi connectivity index (χ3n) is 5.80. The number of thiophene rings is 1. The number of nitrogens with one attached hydrogen (secondary N) is 2. The molecule has 1 amide bonds. The average Bonchev–Trinajstić information content (AvgIpc) is 2.99. The van der Waals surface area contributed by atoms with Crippen LogP contribution in [0.2, 0.25) is 0 Å². The number of carbonyl (C=O) groups is 1. The lowest BCUT2D eigenvalue weighted by atomic mass is 9.72. The Labute approximate surface area is 165 Å². The molecule has 1 aliphatic heterocycles. The van der Waals surface area contributed by atoms with Gasteiger partial charge in [-0.2, -0.15) is 0 Å². The molecule has 0 fully saturated rings. The molecule has 1 aromatic carbocycles. The highest BCUT2D eigenvalue weighted by molar-refractivity contribution is 7.16. The highest BCUT2D eigenvalue weighted by atomic mass is 32.1. The van der Waals surface area contributed by atoms with E-state index < -0.39 is 0 Å². The largest absolute Gasteiger partial charge is 0.493 e. The van der Waals surface area contributed by atoms with Gasteiger partial charge in [-0.1, -0.05) is 39.0 Å². The molecule has 2 heterocycles. The van der Waals surface area contributed by atoms with Gasteiger partial charge in [0.05, 0.1) is 12.2 Å². The maximum absolute atomic E-state index is 13.0. The molecule has 0 saturated carbocycles. The minimum absolute atomic E-state index is 0.0340. The zero-order valence-corrected chi connectivity index (χ0v) is 17.3. The molecule has 0 unspecified atom stereocenters. The first-order chi connectivity index (χ1) is 12.9. The van der Waals surface area contributed by atoms with E-state index >= 15 is 0 Å². The third kappa shape index (κ3) is 3.33. The molecule has 144 valence electrons. The number of para-hydroxylation sites is 1. The van der Waals surface area contributed by atoms with Crippen LogP contribution in [0.4, 0.5) is 5.00 Å². The molecular formula is C22H28N2O2S. The Kier molecular flexibility index (Phi) is 4.66. The highest BCUT2D eigenvalue weighted by Gasteiger charge is 2.36. The van der Waals surface area contributed by atoms with Crippen LogP contribution in [-0.4, -0.2) is 12.5 Å². The Morgan fingerprint density at radius 2 is 2.00 bits per heavy atom. The Morgan fingerprint density at radius 3 is 2.74 bits per heavy atom. The summed E-state index contributed by atoms with van der Waals surface area (Å²) in [6.07, 6.45) is 2.97. The van der Waals surface area contributed by atoms with Gasteiger partial charge in [0.25, 0.3) is 5.91 Å². The van der Waals surface area contributed by atoms with Crippen molar-refractivity contribution in [1.82, 2.24) is 5.32 Å². The number of carbonyl (C=O) groups excluding carboxylic acids is 1. The van der Waals surface area contributed by atoms with Gasteiger partial charge in [0.2, 0.25) is 0 Å². The fourth-order valence-electron chi connectivity index (χ4n) is 4.20. The number of hydrogen-bond donors (Lipinski definition) is 2. The summed E-state index contributed by atoms with van der Waals surface area (Å²) in [6, 6.07) is 7.91. The predicted molar refractivity (Wildman–Crippen MR) is 111 cm³/mol. The second-order valence-corrected chi connectivity index (χ2v) is 9.64.